The first-order valence-corrected chi connectivity index (χ1v) is 9.65. The third kappa shape index (κ3) is 6.70. The maximum Gasteiger partial charge on any atom is 0.227 e. The van der Waals surface area contributed by atoms with E-state index in [1.807, 2.05) is 56.0 Å². The van der Waals surface area contributed by atoms with E-state index in [2.05, 4.69) is 10.6 Å². The van der Waals surface area contributed by atoms with Crippen LogP contribution < -0.4 is 10.6 Å². The monoisotopic (exact) mass is 373 g/mol. The van der Waals surface area contributed by atoms with Gasteiger partial charge in [-0.15, -0.1) is 0 Å². The standard InChI is InChI=1S/C21H31N3O3/c1-21(2,3)20(27)24-13-9-17(10-14-24)19(26)23-12-11-22-18(25)15-16-7-5-4-6-8-16/h4-8,17H,9-15H2,1-3H3,(H,22,25)(H,23,26). The summed E-state index contributed by atoms with van der Waals surface area (Å²) in [5.74, 6) is 0.0381. The molecule has 0 radical (unpaired) electrons. The second-order valence-electron chi connectivity index (χ2n) is 8.12. The minimum atomic E-state index is -0.382. The molecule has 1 saturated heterocycles. The number of amides is 3. The van der Waals surface area contributed by atoms with E-state index in [0.717, 1.165) is 5.56 Å². The summed E-state index contributed by atoms with van der Waals surface area (Å²) in [6.45, 7) is 7.84. The van der Waals surface area contributed by atoms with Gasteiger partial charge in [-0.2, -0.15) is 0 Å². The van der Waals surface area contributed by atoms with E-state index < -0.39 is 0 Å². The van der Waals surface area contributed by atoms with Crippen LogP contribution in [0.15, 0.2) is 30.3 Å². The summed E-state index contributed by atoms with van der Waals surface area (Å²) in [6, 6.07) is 9.56. The molecule has 1 fully saturated rings. The first-order chi connectivity index (χ1) is 12.8. The van der Waals surface area contributed by atoms with Gasteiger partial charge < -0.3 is 15.5 Å². The molecule has 0 aliphatic carbocycles. The smallest absolute Gasteiger partial charge is 0.227 e. The van der Waals surface area contributed by atoms with Crippen molar-refractivity contribution in [2.45, 2.75) is 40.0 Å². The van der Waals surface area contributed by atoms with E-state index >= 15 is 0 Å². The number of carbonyl (C=O) groups excluding carboxylic acids is 3. The van der Waals surface area contributed by atoms with Crippen LogP contribution >= 0.6 is 0 Å². The molecule has 6 nitrogen and oxygen atoms in total. The second kappa shape index (κ2) is 9.53. The largest absolute Gasteiger partial charge is 0.354 e. The molecule has 1 aliphatic heterocycles. The normalized spacial score (nSPS) is 15.3. The highest BCUT2D eigenvalue weighted by Crippen LogP contribution is 2.23. The maximum atomic E-state index is 12.3. The Morgan fingerprint density at radius 2 is 1.59 bits per heavy atom. The van der Waals surface area contributed by atoms with Gasteiger partial charge in [-0.1, -0.05) is 51.1 Å². The number of hydrogen-bond donors (Lipinski definition) is 2. The number of benzene rings is 1. The first kappa shape index (κ1) is 20.9. The van der Waals surface area contributed by atoms with Crippen molar-refractivity contribution in [3.8, 4) is 0 Å². The van der Waals surface area contributed by atoms with E-state index in [1.54, 1.807) is 0 Å². The van der Waals surface area contributed by atoms with E-state index in [1.165, 1.54) is 0 Å². The molecule has 6 heteroatoms. The molecule has 2 N–H and O–H groups in total. The Morgan fingerprint density at radius 3 is 2.19 bits per heavy atom. The van der Waals surface area contributed by atoms with Gasteiger partial charge in [-0.05, 0) is 18.4 Å². The van der Waals surface area contributed by atoms with E-state index in [-0.39, 0.29) is 29.1 Å². The van der Waals surface area contributed by atoms with Gasteiger partial charge in [0.15, 0.2) is 0 Å². The third-order valence-corrected chi connectivity index (χ3v) is 4.75. The Bertz CT molecular complexity index is 644. The Hall–Kier alpha value is -2.37. The van der Waals surface area contributed by atoms with Crippen LogP contribution in [0.1, 0.15) is 39.2 Å². The van der Waals surface area contributed by atoms with E-state index in [0.29, 0.717) is 45.4 Å². The zero-order chi connectivity index (χ0) is 19.9. The van der Waals surface area contributed by atoms with Crippen LogP contribution in [0.25, 0.3) is 0 Å². The highest BCUT2D eigenvalue weighted by Gasteiger charge is 2.32. The van der Waals surface area contributed by atoms with Crippen molar-refractivity contribution in [3.63, 3.8) is 0 Å². The molecular formula is C21H31N3O3. The van der Waals surface area contributed by atoms with Crippen LogP contribution in [0, 0.1) is 11.3 Å². The number of nitrogens with zero attached hydrogens (tertiary/aromatic N) is 1. The van der Waals surface area contributed by atoms with Gasteiger partial charge in [0.2, 0.25) is 17.7 Å². The van der Waals surface area contributed by atoms with Crippen LogP contribution in [0.2, 0.25) is 0 Å². The van der Waals surface area contributed by atoms with Gasteiger partial charge in [0.05, 0.1) is 6.42 Å². The molecule has 1 heterocycles. The van der Waals surface area contributed by atoms with Crippen LogP contribution in [-0.2, 0) is 20.8 Å². The predicted molar refractivity (Wildman–Crippen MR) is 105 cm³/mol. The van der Waals surface area contributed by atoms with Gasteiger partial charge >= 0.3 is 0 Å². The summed E-state index contributed by atoms with van der Waals surface area (Å²) in [4.78, 5) is 38.3. The fraction of sp³-hybridized carbons (Fsp3) is 0.571. The van der Waals surface area contributed by atoms with Crippen LogP contribution in [-0.4, -0.2) is 48.8 Å². The van der Waals surface area contributed by atoms with E-state index in [4.69, 9.17) is 0 Å². The molecule has 0 unspecified atom stereocenters. The van der Waals surface area contributed by atoms with Gasteiger partial charge in [0.1, 0.15) is 0 Å². The Morgan fingerprint density at radius 1 is 1.00 bits per heavy atom. The molecule has 0 atom stereocenters. The molecule has 0 saturated carbocycles. The van der Waals surface area contributed by atoms with Crippen molar-refractivity contribution in [2.24, 2.45) is 11.3 Å². The molecule has 1 aliphatic rings. The minimum Gasteiger partial charge on any atom is -0.354 e. The molecule has 27 heavy (non-hydrogen) atoms. The fourth-order valence-corrected chi connectivity index (χ4v) is 3.19. The molecular weight excluding hydrogens is 342 g/mol. The third-order valence-electron chi connectivity index (χ3n) is 4.75. The highest BCUT2D eigenvalue weighted by atomic mass is 16.2. The van der Waals surface area contributed by atoms with Crippen LogP contribution in [0.5, 0.6) is 0 Å². The first-order valence-electron chi connectivity index (χ1n) is 9.65. The number of rotatable bonds is 6. The SMILES string of the molecule is CC(C)(C)C(=O)N1CCC(C(=O)NCCNC(=O)Cc2ccccc2)CC1. The van der Waals surface area contributed by atoms with Gasteiger partial charge in [0, 0.05) is 37.5 Å². The van der Waals surface area contributed by atoms with Crippen molar-refractivity contribution in [2.75, 3.05) is 26.2 Å². The molecule has 1 aromatic rings. The number of nitrogens with one attached hydrogen (secondary N) is 2. The number of likely N-dealkylation sites (tertiary alicyclic amines) is 1. The lowest BCUT2D eigenvalue weighted by Crippen LogP contribution is -2.47. The summed E-state index contributed by atoms with van der Waals surface area (Å²) in [7, 11) is 0. The lowest BCUT2D eigenvalue weighted by atomic mass is 9.91. The summed E-state index contributed by atoms with van der Waals surface area (Å²) in [5.41, 5.74) is 0.586. The number of hydrogen-bond acceptors (Lipinski definition) is 3. The summed E-state index contributed by atoms with van der Waals surface area (Å²) in [6.07, 6.45) is 1.72. The average Bonchev–Trinajstić information content (AvgIpc) is 2.64. The van der Waals surface area contributed by atoms with Gasteiger partial charge in [0.25, 0.3) is 0 Å². The van der Waals surface area contributed by atoms with Crippen molar-refractivity contribution < 1.29 is 14.4 Å². The molecule has 0 spiro atoms. The van der Waals surface area contributed by atoms with Gasteiger partial charge in [-0.3, -0.25) is 14.4 Å². The van der Waals surface area contributed by atoms with Crippen LogP contribution in [0.3, 0.4) is 0 Å². The van der Waals surface area contributed by atoms with Crippen molar-refractivity contribution in [3.05, 3.63) is 35.9 Å². The van der Waals surface area contributed by atoms with Gasteiger partial charge in [-0.25, -0.2) is 0 Å². The molecule has 1 aromatic carbocycles. The quantitative estimate of drug-likeness (QED) is 0.746. The van der Waals surface area contributed by atoms with Crippen molar-refractivity contribution >= 4 is 17.7 Å². The summed E-state index contributed by atoms with van der Waals surface area (Å²) >= 11 is 0. The lowest BCUT2D eigenvalue weighted by molar-refractivity contribution is -0.142. The fourth-order valence-electron chi connectivity index (χ4n) is 3.19. The molecule has 148 valence electrons. The highest BCUT2D eigenvalue weighted by molar-refractivity contribution is 5.83. The molecule has 0 aromatic heterocycles. The van der Waals surface area contributed by atoms with Crippen molar-refractivity contribution in [1.82, 2.24) is 15.5 Å². The minimum absolute atomic E-state index is 0.00941. The molecule has 3 amide bonds. The molecule has 0 bridgehead atoms. The summed E-state index contributed by atoms with van der Waals surface area (Å²) in [5, 5.41) is 5.71. The lowest BCUT2D eigenvalue weighted by Gasteiger charge is -2.35. The second-order valence-corrected chi connectivity index (χ2v) is 8.12. The predicted octanol–water partition coefficient (Wildman–Crippen LogP) is 1.75. The Labute approximate surface area is 161 Å². The van der Waals surface area contributed by atoms with Crippen molar-refractivity contribution in [1.29, 1.82) is 0 Å². The Kier molecular flexibility index (Phi) is 7.39. The Balaban J connectivity index is 1.62. The topological polar surface area (TPSA) is 78.5 Å². The zero-order valence-electron chi connectivity index (χ0n) is 16.6. The van der Waals surface area contributed by atoms with E-state index in [9.17, 15) is 14.4 Å². The van der Waals surface area contributed by atoms with Crippen LogP contribution in [0.4, 0.5) is 0 Å². The average molecular weight is 373 g/mol. The number of carbonyl (C=O) groups is 3. The zero-order valence-corrected chi connectivity index (χ0v) is 16.6. The number of piperidine rings is 1. The maximum absolute atomic E-state index is 12.3. The summed E-state index contributed by atoms with van der Waals surface area (Å²) < 4.78 is 0. The molecule has 2 rings (SSSR count).